The molecule has 2 saturated heterocycles. The second kappa shape index (κ2) is 11.9. The molecule has 0 bridgehead atoms. The Hall–Kier alpha value is -3.24. The van der Waals surface area contributed by atoms with Crippen molar-refractivity contribution in [3.8, 4) is 0 Å². The number of likely N-dealkylation sites (N-methyl/N-ethyl adjacent to an activating group) is 2. The van der Waals surface area contributed by atoms with E-state index in [1.165, 1.54) is 0 Å². The van der Waals surface area contributed by atoms with E-state index in [9.17, 15) is 18.4 Å². The first-order chi connectivity index (χ1) is 17.8. The van der Waals surface area contributed by atoms with Gasteiger partial charge in [0, 0.05) is 63.5 Å². The molecule has 0 saturated carbocycles. The third-order valence-electron chi connectivity index (χ3n) is 7.25. The molecule has 37 heavy (non-hydrogen) atoms. The van der Waals surface area contributed by atoms with Crippen molar-refractivity contribution in [1.82, 2.24) is 25.0 Å². The summed E-state index contributed by atoms with van der Waals surface area (Å²) in [6, 6.07) is 7.21. The smallest absolute Gasteiger partial charge is 0.254 e. The van der Waals surface area contributed by atoms with Gasteiger partial charge in [0.1, 0.15) is 5.69 Å². The molecule has 2 aromatic carbocycles. The zero-order chi connectivity index (χ0) is 26.5. The number of carbonyl (C=O) groups excluding carboxylic acids is 2. The molecule has 0 aromatic heterocycles. The van der Waals surface area contributed by atoms with Crippen LogP contribution in [0.3, 0.4) is 0 Å². The Morgan fingerprint density at radius 3 is 1.76 bits per heavy atom. The average Bonchev–Trinajstić information content (AvgIpc) is 2.92. The summed E-state index contributed by atoms with van der Waals surface area (Å²) < 4.78 is 29.7. The van der Waals surface area contributed by atoms with Gasteiger partial charge in [-0.25, -0.2) is 8.78 Å². The van der Waals surface area contributed by atoms with Crippen LogP contribution in [0.15, 0.2) is 30.3 Å². The number of halogens is 2. The second-order valence-corrected chi connectivity index (χ2v) is 9.49. The number of anilines is 1. The van der Waals surface area contributed by atoms with E-state index < -0.39 is 17.3 Å². The van der Waals surface area contributed by atoms with E-state index in [-0.39, 0.29) is 17.4 Å². The Labute approximate surface area is 217 Å². The largest absolute Gasteiger partial charge is 0.336 e. The van der Waals surface area contributed by atoms with Crippen LogP contribution in [-0.4, -0.2) is 96.9 Å². The molecule has 10 heteroatoms. The minimum absolute atomic E-state index is 0.0301. The molecule has 2 heterocycles. The average molecular weight is 514 g/mol. The molecule has 2 fully saturated rings. The second-order valence-electron chi connectivity index (χ2n) is 9.49. The summed E-state index contributed by atoms with van der Waals surface area (Å²) >= 11 is 0. The predicted molar refractivity (Wildman–Crippen MR) is 139 cm³/mol. The molecular weight excluding hydrogens is 478 g/mol. The molecule has 1 radical (unpaired) electrons. The van der Waals surface area contributed by atoms with Gasteiger partial charge in [0.05, 0.1) is 5.69 Å². The van der Waals surface area contributed by atoms with Crippen LogP contribution in [0.25, 0.3) is 0 Å². The van der Waals surface area contributed by atoms with Crippen LogP contribution < -0.4 is 10.9 Å². The summed E-state index contributed by atoms with van der Waals surface area (Å²) in [5.74, 6) is -2.29. The van der Waals surface area contributed by atoms with Gasteiger partial charge in [-0.05, 0) is 49.8 Å². The Bertz CT molecular complexity index is 1100. The molecule has 2 aromatic rings. The highest BCUT2D eigenvalue weighted by molar-refractivity contribution is 5.95. The summed E-state index contributed by atoms with van der Waals surface area (Å²) in [7, 11) is 0. The predicted octanol–water partition coefficient (Wildman–Crippen LogP) is 3.09. The summed E-state index contributed by atoms with van der Waals surface area (Å²) in [4.78, 5) is 33.7. The van der Waals surface area contributed by atoms with Crippen LogP contribution in [-0.2, 0) is 0 Å². The van der Waals surface area contributed by atoms with E-state index >= 15 is 0 Å². The fourth-order valence-corrected chi connectivity index (χ4v) is 4.68. The maximum atomic E-state index is 14.9. The Morgan fingerprint density at radius 1 is 0.784 bits per heavy atom. The zero-order valence-electron chi connectivity index (χ0n) is 21.8. The van der Waals surface area contributed by atoms with Crippen LogP contribution in [0.1, 0.15) is 40.1 Å². The maximum Gasteiger partial charge on any atom is 0.254 e. The number of piperazine rings is 2. The standard InChI is InChI=1S/C27H35F2N6O2/c1-4-32-8-12-34(13-9-32)26(36)20-7-6-19(3)24(18-20)30-31-25-22(28)16-21(17-23(25)29)27(37)35-14-10-33(5-2)11-15-35/h6-7,16-18,31H,4-5,8-15H2,1-3H3. The van der Waals surface area contributed by atoms with E-state index in [1.54, 1.807) is 23.1 Å². The van der Waals surface area contributed by atoms with Gasteiger partial charge in [0.15, 0.2) is 11.6 Å². The van der Waals surface area contributed by atoms with E-state index in [2.05, 4.69) is 34.5 Å². The molecule has 0 aliphatic carbocycles. The lowest BCUT2D eigenvalue weighted by atomic mass is 10.1. The minimum Gasteiger partial charge on any atom is -0.336 e. The monoisotopic (exact) mass is 513 g/mol. The Morgan fingerprint density at radius 2 is 1.27 bits per heavy atom. The molecule has 2 aliphatic heterocycles. The van der Waals surface area contributed by atoms with Crippen LogP contribution in [0.4, 0.5) is 20.2 Å². The van der Waals surface area contributed by atoms with Crippen LogP contribution in [0.2, 0.25) is 0 Å². The van der Waals surface area contributed by atoms with E-state index in [4.69, 9.17) is 0 Å². The van der Waals surface area contributed by atoms with Crippen LogP contribution in [0.5, 0.6) is 0 Å². The molecule has 199 valence electrons. The molecule has 1 N–H and O–H groups in total. The van der Waals surface area contributed by atoms with Crippen molar-refractivity contribution in [2.45, 2.75) is 20.8 Å². The number of rotatable bonds is 7. The highest BCUT2D eigenvalue weighted by Crippen LogP contribution is 2.24. The van der Waals surface area contributed by atoms with Gasteiger partial charge in [-0.2, -0.15) is 5.43 Å². The van der Waals surface area contributed by atoms with E-state index in [0.717, 1.165) is 57.0 Å². The molecular formula is C27H35F2N6O2. The van der Waals surface area contributed by atoms with Crippen molar-refractivity contribution >= 4 is 23.2 Å². The SMILES string of the molecule is CCN1CCN(C(=O)c2cc(F)c(N[N]c3cc(C(=O)N4CCN(CC)CC4)ccc3C)c(F)c2)CC1. The van der Waals surface area contributed by atoms with Crippen LogP contribution >= 0.6 is 0 Å². The Balaban J connectivity index is 1.42. The lowest BCUT2D eigenvalue weighted by Crippen LogP contribution is -2.48. The van der Waals surface area contributed by atoms with E-state index in [0.29, 0.717) is 37.4 Å². The van der Waals surface area contributed by atoms with Gasteiger partial charge in [0.25, 0.3) is 11.8 Å². The van der Waals surface area contributed by atoms with Crippen molar-refractivity contribution < 1.29 is 18.4 Å². The van der Waals surface area contributed by atoms with Gasteiger partial charge < -0.3 is 19.6 Å². The van der Waals surface area contributed by atoms with Crippen molar-refractivity contribution in [3.05, 3.63) is 58.7 Å². The first kappa shape index (κ1) is 26.8. The van der Waals surface area contributed by atoms with Gasteiger partial charge >= 0.3 is 0 Å². The topological polar surface area (TPSA) is 73.2 Å². The van der Waals surface area contributed by atoms with Gasteiger partial charge in [-0.1, -0.05) is 19.9 Å². The number of nitrogens with one attached hydrogen (secondary N) is 1. The number of amides is 2. The van der Waals surface area contributed by atoms with Crippen molar-refractivity contribution in [2.24, 2.45) is 0 Å². The molecule has 2 aliphatic rings. The molecule has 0 spiro atoms. The molecule has 0 atom stereocenters. The van der Waals surface area contributed by atoms with Crippen molar-refractivity contribution in [3.63, 3.8) is 0 Å². The fraction of sp³-hybridized carbons (Fsp3) is 0.481. The zero-order valence-corrected chi connectivity index (χ0v) is 21.8. The number of nitrogens with zero attached hydrogens (tertiary/aromatic N) is 5. The lowest BCUT2D eigenvalue weighted by molar-refractivity contribution is 0.0636. The number of carbonyl (C=O) groups is 2. The van der Waals surface area contributed by atoms with Gasteiger partial charge in [0.2, 0.25) is 0 Å². The molecule has 0 unspecified atom stereocenters. The maximum absolute atomic E-state index is 14.9. The third-order valence-corrected chi connectivity index (χ3v) is 7.25. The first-order valence-corrected chi connectivity index (χ1v) is 12.9. The van der Waals surface area contributed by atoms with Crippen molar-refractivity contribution in [1.29, 1.82) is 0 Å². The fourth-order valence-electron chi connectivity index (χ4n) is 4.68. The summed E-state index contributed by atoms with van der Waals surface area (Å²) in [5.41, 5.74) is 7.81. The summed E-state index contributed by atoms with van der Waals surface area (Å²) in [5, 5.41) is 0. The first-order valence-electron chi connectivity index (χ1n) is 12.9. The quantitative estimate of drug-likeness (QED) is 0.576. The third kappa shape index (κ3) is 6.19. The summed E-state index contributed by atoms with van der Waals surface area (Å²) in [6.45, 7) is 13.3. The van der Waals surface area contributed by atoms with E-state index in [1.807, 2.05) is 11.8 Å². The normalized spacial score (nSPS) is 17.1. The Kier molecular flexibility index (Phi) is 8.60. The van der Waals surface area contributed by atoms with Crippen molar-refractivity contribution in [2.75, 3.05) is 70.9 Å². The van der Waals surface area contributed by atoms with Gasteiger partial charge in [-0.3, -0.25) is 15.0 Å². The molecule has 4 rings (SSSR count). The number of hydrogen-bond donors (Lipinski definition) is 1. The summed E-state index contributed by atoms with van der Waals surface area (Å²) in [6.07, 6.45) is 0. The lowest BCUT2D eigenvalue weighted by Gasteiger charge is -2.34. The highest BCUT2D eigenvalue weighted by atomic mass is 19.1. The number of hydrogen-bond acceptors (Lipinski definition) is 5. The molecule has 8 nitrogen and oxygen atoms in total. The number of benzene rings is 2. The van der Waals surface area contributed by atoms with Gasteiger partial charge in [-0.15, -0.1) is 0 Å². The highest BCUT2D eigenvalue weighted by Gasteiger charge is 2.25. The van der Waals surface area contributed by atoms with Crippen LogP contribution in [0, 0.1) is 18.6 Å². The number of aryl methyl sites for hydroxylation is 1. The minimum atomic E-state index is -0.905. The molecule has 2 amide bonds.